The smallest absolute Gasteiger partial charge is 0.264 e. The molecule has 1 aromatic rings. The highest BCUT2D eigenvalue weighted by atomic mass is 32.1. The molecule has 1 amide bonds. The predicted molar refractivity (Wildman–Crippen MR) is 83.8 cm³/mol. The van der Waals surface area contributed by atoms with Crippen LogP contribution in [0.2, 0.25) is 0 Å². The second kappa shape index (κ2) is 6.48. The molecule has 1 fully saturated rings. The van der Waals surface area contributed by atoms with Gasteiger partial charge < -0.3 is 10.6 Å². The molecule has 3 nitrogen and oxygen atoms in total. The Labute approximate surface area is 123 Å². The number of thiocarbonyl (C=S) groups is 1. The lowest BCUT2D eigenvalue weighted by Gasteiger charge is -2.28. The van der Waals surface area contributed by atoms with Crippen molar-refractivity contribution in [3.05, 3.63) is 21.9 Å². The van der Waals surface area contributed by atoms with Gasteiger partial charge in [-0.25, -0.2) is 0 Å². The minimum absolute atomic E-state index is 0.0874. The third-order valence-electron chi connectivity index (χ3n) is 3.57. The van der Waals surface area contributed by atoms with Gasteiger partial charge in [-0.2, -0.15) is 0 Å². The molecule has 0 unspecified atom stereocenters. The Bertz CT molecular complexity index is 464. The molecule has 0 aromatic carbocycles. The van der Waals surface area contributed by atoms with Crippen molar-refractivity contribution in [2.45, 2.75) is 45.1 Å². The van der Waals surface area contributed by atoms with Crippen LogP contribution in [0, 0.1) is 0 Å². The number of carbonyl (C=O) groups is 1. The highest BCUT2D eigenvalue weighted by molar-refractivity contribution is 7.80. The van der Waals surface area contributed by atoms with Crippen molar-refractivity contribution < 1.29 is 4.79 Å². The fourth-order valence-corrected chi connectivity index (χ4v) is 3.62. The third kappa shape index (κ3) is 3.54. The van der Waals surface area contributed by atoms with Gasteiger partial charge in [0.25, 0.3) is 5.91 Å². The SMILES string of the molecule is CCc1ccc(C(=O)N(CC(N)=S)C2CCCC2)s1. The molecule has 0 aliphatic heterocycles. The molecular weight excluding hydrogens is 276 g/mol. The summed E-state index contributed by atoms with van der Waals surface area (Å²) >= 11 is 6.57. The number of nitrogens with zero attached hydrogens (tertiary/aromatic N) is 1. The van der Waals surface area contributed by atoms with E-state index in [4.69, 9.17) is 18.0 Å². The fourth-order valence-electron chi connectivity index (χ4n) is 2.57. The molecule has 1 aromatic heterocycles. The summed E-state index contributed by atoms with van der Waals surface area (Å²) in [4.78, 5) is 16.9. The predicted octanol–water partition coefficient (Wildman–Crippen LogP) is 2.98. The number of carbonyl (C=O) groups excluding carboxylic acids is 1. The van der Waals surface area contributed by atoms with Crippen molar-refractivity contribution >= 4 is 34.5 Å². The van der Waals surface area contributed by atoms with Crippen molar-refractivity contribution in [2.24, 2.45) is 5.73 Å². The number of aryl methyl sites for hydroxylation is 1. The summed E-state index contributed by atoms with van der Waals surface area (Å²) < 4.78 is 0. The lowest BCUT2D eigenvalue weighted by Crippen LogP contribution is -2.43. The van der Waals surface area contributed by atoms with Crippen molar-refractivity contribution in [2.75, 3.05) is 6.54 Å². The summed E-state index contributed by atoms with van der Waals surface area (Å²) in [5, 5.41) is 0. The Morgan fingerprint density at radius 1 is 1.47 bits per heavy atom. The van der Waals surface area contributed by atoms with Crippen molar-refractivity contribution in [1.29, 1.82) is 0 Å². The van der Waals surface area contributed by atoms with Crippen LogP contribution in [-0.4, -0.2) is 28.4 Å². The maximum atomic E-state index is 12.6. The van der Waals surface area contributed by atoms with Crippen LogP contribution in [0.25, 0.3) is 0 Å². The van der Waals surface area contributed by atoms with E-state index in [0.29, 0.717) is 17.6 Å². The molecule has 1 heterocycles. The number of hydrogen-bond acceptors (Lipinski definition) is 3. The Balaban J connectivity index is 2.16. The van der Waals surface area contributed by atoms with Crippen LogP contribution >= 0.6 is 23.6 Å². The molecule has 0 atom stereocenters. The molecule has 0 saturated heterocycles. The molecule has 1 aliphatic rings. The molecule has 0 radical (unpaired) electrons. The van der Waals surface area contributed by atoms with Gasteiger partial charge in [-0.1, -0.05) is 32.0 Å². The summed E-state index contributed by atoms with van der Waals surface area (Å²) in [7, 11) is 0. The Morgan fingerprint density at radius 3 is 2.68 bits per heavy atom. The quantitative estimate of drug-likeness (QED) is 0.850. The average Bonchev–Trinajstić information content (AvgIpc) is 3.05. The average molecular weight is 296 g/mol. The van der Waals surface area contributed by atoms with Gasteiger partial charge in [0.05, 0.1) is 16.4 Å². The van der Waals surface area contributed by atoms with E-state index in [9.17, 15) is 4.79 Å². The molecule has 2 rings (SSSR count). The van der Waals surface area contributed by atoms with Crippen LogP contribution < -0.4 is 5.73 Å². The van der Waals surface area contributed by atoms with Gasteiger partial charge >= 0.3 is 0 Å². The van der Waals surface area contributed by atoms with Gasteiger partial charge in [0.15, 0.2) is 0 Å². The number of nitrogens with two attached hydrogens (primary N) is 1. The minimum Gasteiger partial charge on any atom is -0.392 e. The van der Waals surface area contributed by atoms with Crippen LogP contribution in [0.3, 0.4) is 0 Å². The van der Waals surface area contributed by atoms with E-state index in [2.05, 4.69) is 6.92 Å². The summed E-state index contributed by atoms with van der Waals surface area (Å²) in [6.45, 7) is 2.50. The standard InChI is InChI=1S/C14H20N2OS2/c1-2-11-7-8-12(19-11)14(17)16(9-13(15)18)10-5-3-4-6-10/h7-8,10H,2-6,9H2,1H3,(H2,15,18). The van der Waals surface area contributed by atoms with Crippen LogP contribution in [0.5, 0.6) is 0 Å². The van der Waals surface area contributed by atoms with Crippen LogP contribution in [-0.2, 0) is 6.42 Å². The molecule has 1 saturated carbocycles. The molecule has 0 spiro atoms. The van der Waals surface area contributed by atoms with Crippen LogP contribution in [0.15, 0.2) is 12.1 Å². The molecule has 19 heavy (non-hydrogen) atoms. The molecule has 0 bridgehead atoms. The molecule has 104 valence electrons. The van der Waals surface area contributed by atoms with Gasteiger partial charge in [0.2, 0.25) is 0 Å². The Morgan fingerprint density at radius 2 is 2.16 bits per heavy atom. The van der Waals surface area contributed by atoms with E-state index in [1.54, 1.807) is 11.3 Å². The summed E-state index contributed by atoms with van der Waals surface area (Å²) in [5.41, 5.74) is 5.65. The van der Waals surface area contributed by atoms with Crippen molar-refractivity contribution in [3.63, 3.8) is 0 Å². The maximum Gasteiger partial charge on any atom is 0.264 e. The largest absolute Gasteiger partial charge is 0.392 e. The maximum absolute atomic E-state index is 12.6. The molecular formula is C14H20N2OS2. The van der Waals surface area contributed by atoms with Crippen LogP contribution in [0.4, 0.5) is 0 Å². The second-order valence-electron chi connectivity index (χ2n) is 4.96. The number of hydrogen-bond donors (Lipinski definition) is 1. The number of amides is 1. The van der Waals surface area contributed by atoms with Gasteiger partial charge in [-0.3, -0.25) is 4.79 Å². The fraction of sp³-hybridized carbons (Fsp3) is 0.571. The van der Waals surface area contributed by atoms with E-state index < -0.39 is 0 Å². The second-order valence-corrected chi connectivity index (χ2v) is 6.65. The van der Waals surface area contributed by atoms with Gasteiger partial charge in [-0.05, 0) is 31.4 Å². The van der Waals surface area contributed by atoms with Crippen molar-refractivity contribution in [3.8, 4) is 0 Å². The highest BCUT2D eigenvalue weighted by Gasteiger charge is 2.28. The summed E-state index contributed by atoms with van der Waals surface area (Å²) in [6.07, 6.45) is 5.49. The first kappa shape index (κ1) is 14.5. The van der Waals surface area contributed by atoms with E-state index in [1.807, 2.05) is 17.0 Å². The molecule has 2 N–H and O–H groups in total. The van der Waals surface area contributed by atoms with Gasteiger partial charge in [0.1, 0.15) is 0 Å². The monoisotopic (exact) mass is 296 g/mol. The lowest BCUT2D eigenvalue weighted by atomic mass is 10.2. The zero-order valence-corrected chi connectivity index (χ0v) is 12.9. The Kier molecular flexibility index (Phi) is 4.93. The van der Waals surface area contributed by atoms with Gasteiger partial charge in [0, 0.05) is 10.9 Å². The third-order valence-corrected chi connectivity index (χ3v) is 4.92. The first-order valence-electron chi connectivity index (χ1n) is 6.79. The Hall–Kier alpha value is -0.940. The van der Waals surface area contributed by atoms with E-state index >= 15 is 0 Å². The molecule has 5 heteroatoms. The summed E-state index contributed by atoms with van der Waals surface area (Å²) in [6, 6.07) is 4.26. The number of thiophene rings is 1. The zero-order chi connectivity index (χ0) is 13.8. The zero-order valence-electron chi connectivity index (χ0n) is 11.2. The normalized spacial score (nSPS) is 15.6. The first-order valence-corrected chi connectivity index (χ1v) is 8.02. The van der Waals surface area contributed by atoms with Crippen molar-refractivity contribution in [1.82, 2.24) is 4.90 Å². The molecule has 1 aliphatic carbocycles. The number of rotatable bonds is 5. The van der Waals surface area contributed by atoms with Gasteiger partial charge in [-0.15, -0.1) is 11.3 Å². The van der Waals surface area contributed by atoms with E-state index in [0.717, 1.165) is 24.1 Å². The lowest BCUT2D eigenvalue weighted by molar-refractivity contribution is 0.0719. The van der Waals surface area contributed by atoms with Crippen LogP contribution in [0.1, 0.15) is 47.2 Å². The van der Waals surface area contributed by atoms with E-state index in [1.165, 1.54) is 17.7 Å². The first-order chi connectivity index (χ1) is 9.11. The minimum atomic E-state index is 0.0874. The topological polar surface area (TPSA) is 46.3 Å². The summed E-state index contributed by atoms with van der Waals surface area (Å²) in [5.74, 6) is 0.0874. The van der Waals surface area contributed by atoms with E-state index in [-0.39, 0.29) is 5.91 Å². The highest BCUT2D eigenvalue weighted by Crippen LogP contribution is 2.26.